The monoisotopic (exact) mass is 608 g/mol. The molecular weight excluding hydrogens is 560 g/mol. The largest absolute Gasteiger partial charge is 0.496 e. The first-order valence-corrected chi connectivity index (χ1v) is 16.3. The summed E-state index contributed by atoms with van der Waals surface area (Å²) < 4.78 is 5.67. The first kappa shape index (κ1) is 31.1. The van der Waals surface area contributed by atoms with Crippen LogP contribution in [0.1, 0.15) is 15.9 Å². The molecule has 0 N–H and O–H groups in total. The van der Waals surface area contributed by atoms with Gasteiger partial charge in [0.05, 0.1) is 7.11 Å². The summed E-state index contributed by atoms with van der Waals surface area (Å²) in [4.78, 5) is 28.6. The van der Waals surface area contributed by atoms with Gasteiger partial charge in [0.15, 0.2) is 5.78 Å². The first-order chi connectivity index (χ1) is 21.9. The van der Waals surface area contributed by atoms with Gasteiger partial charge in [-0.2, -0.15) is 0 Å². The van der Waals surface area contributed by atoms with E-state index >= 15 is 0 Å². The van der Waals surface area contributed by atoms with E-state index in [4.69, 9.17) is 4.74 Å². The summed E-state index contributed by atoms with van der Waals surface area (Å²) in [5.41, 5.74) is 7.27. The number of nitrogens with zero attached hydrogens (tertiary/aromatic N) is 6. The van der Waals surface area contributed by atoms with Gasteiger partial charge in [0.2, 0.25) is 0 Å². The molecule has 0 radical (unpaired) electrons. The van der Waals surface area contributed by atoms with Gasteiger partial charge in [-0.25, -0.2) is 0 Å². The lowest BCUT2D eigenvalue weighted by molar-refractivity contribution is 0.104. The lowest BCUT2D eigenvalue weighted by atomic mass is 9.97. The second kappa shape index (κ2) is 14.1. The molecule has 0 bridgehead atoms. The third-order valence-electron chi connectivity index (χ3n) is 9.66. The van der Waals surface area contributed by atoms with Gasteiger partial charge >= 0.3 is 0 Å². The van der Waals surface area contributed by atoms with Crippen LogP contribution in [0.3, 0.4) is 0 Å². The fraction of sp³-hybridized carbons (Fsp3) is 0.432. The quantitative estimate of drug-likeness (QED) is 0.274. The Labute approximate surface area is 269 Å². The van der Waals surface area contributed by atoms with Crippen LogP contribution in [-0.2, 0) is 0 Å². The molecule has 0 saturated carbocycles. The van der Waals surface area contributed by atoms with Crippen molar-refractivity contribution in [3.05, 3.63) is 77.9 Å². The van der Waals surface area contributed by atoms with E-state index < -0.39 is 0 Å². The van der Waals surface area contributed by atoms with Crippen molar-refractivity contribution in [2.24, 2.45) is 0 Å². The minimum absolute atomic E-state index is 0.0214. The number of para-hydroxylation sites is 1. The third-order valence-corrected chi connectivity index (χ3v) is 9.66. The number of anilines is 3. The molecule has 3 aliphatic rings. The number of hydrogen-bond acceptors (Lipinski definition) is 8. The molecule has 45 heavy (non-hydrogen) atoms. The summed E-state index contributed by atoms with van der Waals surface area (Å²) in [6, 6.07) is 21.1. The first-order valence-electron chi connectivity index (χ1n) is 16.3. The molecule has 3 fully saturated rings. The molecule has 6 rings (SSSR count). The SMILES string of the molecule is COc1ccccc1-c1ccc(N2CCN(C)CC2)c(C(=O)/C=C/c2ccc(N3CCN(C)CC3)cc2N2CCN(C)CC2)c1. The normalized spacial score (nSPS) is 19.0. The molecule has 0 aliphatic carbocycles. The molecular formula is C37H48N6O2. The van der Waals surface area contributed by atoms with Crippen LogP contribution in [0.4, 0.5) is 17.1 Å². The number of ether oxygens (including phenoxy) is 1. The molecule has 3 heterocycles. The number of benzene rings is 3. The number of ketones is 1. The summed E-state index contributed by atoms with van der Waals surface area (Å²) >= 11 is 0. The lowest BCUT2D eigenvalue weighted by Crippen LogP contribution is -2.45. The van der Waals surface area contributed by atoms with Gasteiger partial charge in [-0.15, -0.1) is 0 Å². The van der Waals surface area contributed by atoms with Gasteiger partial charge in [0.1, 0.15) is 5.75 Å². The Morgan fingerprint density at radius 2 is 1.22 bits per heavy atom. The zero-order valence-electron chi connectivity index (χ0n) is 27.4. The van der Waals surface area contributed by atoms with Crippen LogP contribution in [0.25, 0.3) is 17.2 Å². The third kappa shape index (κ3) is 7.19. The maximum Gasteiger partial charge on any atom is 0.187 e. The Balaban J connectivity index is 1.34. The van der Waals surface area contributed by atoms with Crippen molar-refractivity contribution < 1.29 is 9.53 Å². The summed E-state index contributed by atoms with van der Waals surface area (Å²) in [7, 11) is 8.23. The van der Waals surface area contributed by atoms with E-state index in [1.165, 1.54) is 11.4 Å². The van der Waals surface area contributed by atoms with Crippen LogP contribution < -0.4 is 19.4 Å². The van der Waals surface area contributed by atoms with E-state index in [1.54, 1.807) is 13.2 Å². The number of methoxy groups -OCH3 is 1. The van der Waals surface area contributed by atoms with Crippen molar-refractivity contribution in [3.63, 3.8) is 0 Å². The predicted octanol–water partition coefficient (Wildman–Crippen LogP) is 4.51. The summed E-state index contributed by atoms with van der Waals surface area (Å²) in [5, 5.41) is 0. The van der Waals surface area contributed by atoms with Crippen LogP contribution in [0, 0.1) is 0 Å². The maximum atomic E-state index is 14.2. The Kier molecular flexibility index (Phi) is 9.73. The van der Waals surface area contributed by atoms with Gasteiger partial charge in [-0.05, 0) is 74.8 Å². The predicted molar refractivity (Wildman–Crippen MR) is 187 cm³/mol. The Bertz CT molecular complexity index is 1500. The highest BCUT2D eigenvalue weighted by molar-refractivity contribution is 6.11. The summed E-state index contributed by atoms with van der Waals surface area (Å²) in [6.45, 7) is 12.0. The van der Waals surface area contributed by atoms with Crippen molar-refractivity contribution in [2.75, 3.05) is 121 Å². The van der Waals surface area contributed by atoms with Gasteiger partial charge in [0, 0.05) is 107 Å². The van der Waals surface area contributed by atoms with E-state index in [0.29, 0.717) is 0 Å². The molecule has 0 unspecified atom stereocenters. The highest BCUT2D eigenvalue weighted by Gasteiger charge is 2.23. The van der Waals surface area contributed by atoms with Crippen LogP contribution in [0.5, 0.6) is 5.75 Å². The number of rotatable bonds is 8. The van der Waals surface area contributed by atoms with E-state index in [9.17, 15) is 4.79 Å². The van der Waals surface area contributed by atoms with Crippen LogP contribution in [-0.4, -0.2) is 127 Å². The van der Waals surface area contributed by atoms with Gasteiger partial charge in [0.25, 0.3) is 0 Å². The highest BCUT2D eigenvalue weighted by Crippen LogP contribution is 2.35. The fourth-order valence-electron chi connectivity index (χ4n) is 6.62. The number of hydrogen-bond donors (Lipinski definition) is 0. The van der Waals surface area contributed by atoms with Crippen LogP contribution >= 0.6 is 0 Å². The van der Waals surface area contributed by atoms with Crippen molar-refractivity contribution in [1.82, 2.24) is 14.7 Å². The molecule has 8 nitrogen and oxygen atoms in total. The number of carbonyl (C=O) groups is 1. The number of carbonyl (C=O) groups excluding carboxylic acids is 1. The zero-order chi connectivity index (χ0) is 31.3. The van der Waals surface area contributed by atoms with Crippen molar-refractivity contribution in [1.29, 1.82) is 0 Å². The summed E-state index contributed by atoms with van der Waals surface area (Å²) in [5.74, 6) is 0.823. The fourth-order valence-corrected chi connectivity index (χ4v) is 6.62. The molecule has 8 heteroatoms. The second-order valence-corrected chi connectivity index (χ2v) is 12.7. The Hall–Kier alpha value is -3.85. The second-order valence-electron chi connectivity index (χ2n) is 12.7. The van der Waals surface area contributed by atoms with Crippen molar-refractivity contribution in [2.45, 2.75) is 0 Å². The lowest BCUT2D eigenvalue weighted by Gasteiger charge is -2.37. The molecule has 0 aromatic heterocycles. The van der Waals surface area contributed by atoms with E-state index in [1.807, 2.05) is 24.3 Å². The standard InChI is InChI=1S/C37H48N6O2/c1-38-15-21-41(22-16-38)31-12-9-29(35(28-31)43-25-19-40(3)20-26-43)11-14-36(44)33-27-30(32-7-5-6-8-37(32)45-4)10-13-34(33)42-23-17-39(2)18-24-42/h5-14,27-28H,15-26H2,1-4H3/b14-11+. The van der Waals surface area contributed by atoms with E-state index in [-0.39, 0.29) is 5.78 Å². The van der Waals surface area contributed by atoms with E-state index in [0.717, 1.165) is 112 Å². The van der Waals surface area contributed by atoms with Crippen molar-refractivity contribution in [3.8, 4) is 16.9 Å². The molecule has 238 valence electrons. The molecule has 3 saturated heterocycles. The van der Waals surface area contributed by atoms with Crippen molar-refractivity contribution >= 4 is 28.9 Å². The molecule has 3 aromatic carbocycles. The highest BCUT2D eigenvalue weighted by atomic mass is 16.5. The average molecular weight is 609 g/mol. The van der Waals surface area contributed by atoms with Crippen LogP contribution in [0.2, 0.25) is 0 Å². The number of allylic oxidation sites excluding steroid dienone is 1. The minimum Gasteiger partial charge on any atom is -0.496 e. The maximum absolute atomic E-state index is 14.2. The summed E-state index contributed by atoms with van der Waals surface area (Å²) in [6.07, 6.45) is 3.82. The Morgan fingerprint density at radius 3 is 1.84 bits per heavy atom. The Morgan fingerprint density at radius 1 is 0.644 bits per heavy atom. The number of likely N-dealkylation sites (N-methyl/N-ethyl adjacent to an activating group) is 3. The molecule has 3 aromatic rings. The van der Waals surface area contributed by atoms with Gasteiger partial charge in [-0.1, -0.05) is 30.3 Å². The molecule has 0 atom stereocenters. The average Bonchev–Trinajstić information content (AvgIpc) is 3.08. The van der Waals surface area contributed by atoms with Gasteiger partial charge in [-0.3, -0.25) is 4.79 Å². The van der Waals surface area contributed by atoms with Gasteiger partial charge < -0.3 is 34.1 Å². The van der Waals surface area contributed by atoms with E-state index in [2.05, 4.69) is 93.0 Å². The number of piperazine rings is 3. The topological polar surface area (TPSA) is 45.7 Å². The smallest absolute Gasteiger partial charge is 0.187 e. The molecule has 0 amide bonds. The molecule has 0 spiro atoms. The molecule has 3 aliphatic heterocycles. The van der Waals surface area contributed by atoms with Crippen LogP contribution in [0.15, 0.2) is 66.7 Å². The zero-order valence-corrected chi connectivity index (χ0v) is 27.4. The minimum atomic E-state index is 0.0214.